The van der Waals surface area contributed by atoms with Crippen molar-refractivity contribution in [1.82, 2.24) is 9.78 Å². The Morgan fingerprint density at radius 1 is 0.892 bits per heavy atom. The van der Waals surface area contributed by atoms with Crippen molar-refractivity contribution in [3.8, 4) is 0 Å². The molecule has 1 aromatic rings. The van der Waals surface area contributed by atoms with Gasteiger partial charge in [-0.1, -0.05) is 0 Å². The number of carbonyl (C=O) groups is 4. The molecular weight excluding hydrogens is 491 g/mol. The van der Waals surface area contributed by atoms with Gasteiger partial charge in [-0.3, -0.25) is 23.9 Å². The maximum absolute atomic E-state index is 12.1. The summed E-state index contributed by atoms with van der Waals surface area (Å²) in [7, 11) is -0.751. The Kier molecular flexibility index (Phi) is 8.35. The normalized spacial score (nSPS) is 28.3. The van der Waals surface area contributed by atoms with E-state index in [1.54, 1.807) is 6.20 Å². The van der Waals surface area contributed by atoms with Crippen LogP contribution >= 0.6 is 0 Å². The molecule has 0 unspecified atom stereocenters. The van der Waals surface area contributed by atoms with Crippen LogP contribution in [0.1, 0.15) is 61.4 Å². The summed E-state index contributed by atoms with van der Waals surface area (Å²) in [5.41, 5.74) is -0.655. The summed E-state index contributed by atoms with van der Waals surface area (Å²) in [5.74, 6) is -2.68. The third-order valence-electron chi connectivity index (χ3n) is 6.41. The van der Waals surface area contributed by atoms with Crippen molar-refractivity contribution in [3.05, 3.63) is 12.4 Å². The number of carbonyl (C=O) groups excluding carboxylic acids is 4. The molecule has 0 aliphatic carbocycles. The fourth-order valence-corrected chi connectivity index (χ4v) is 4.06. The van der Waals surface area contributed by atoms with Gasteiger partial charge in [0.2, 0.25) is 6.29 Å². The van der Waals surface area contributed by atoms with Gasteiger partial charge in [0.05, 0.1) is 11.2 Å². The number of hydrogen-bond acceptors (Lipinski definition) is 12. The molecule has 0 bridgehead atoms. The molecule has 3 rings (SSSR count). The zero-order chi connectivity index (χ0) is 27.7. The molecule has 0 amide bonds. The Morgan fingerprint density at radius 2 is 1.43 bits per heavy atom. The van der Waals surface area contributed by atoms with Crippen LogP contribution in [-0.2, 0) is 52.2 Å². The highest BCUT2D eigenvalue weighted by Gasteiger charge is 2.55. The molecule has 2 fully saturated rings. The maximum Gasteiger partial charge on any atom is 0.498 e. The number of esters is 4. The van der Waals surface area contributed by atoms with E-state index in [2.05, 4.69) is 5.10 Å². The fourth-order valence-electron chi connectivity index (χ4n) is 4.06. The molecule has 0 aromatic carbocycles. The van der Waals surface area contributed by atoms with Gasteiger partial charge >= 0.3 is 31.0 Å². The molecule has 1 aromatic heterocycles. The van der Waals surface area contributed by atoms with E-state index in [0.717, 1.165) is 6.92 Å². The first-order valence-corrected chi connectivity index (χ1v) is 11.8. The summed E-state index contributed by atoms with van der Waals surface area (Å²) in [6.07, 6.45) is -1.82. The molecule has 14 heteroatoms. The molecule has 0 spiro atoms. The molecule has 204 valence electrons. The van der Waals surface area contributed by atoms with E-state index >= 15 is 0 Å². The predicted octanol–water partition coefficient (Wildman–Crippen LogP) is 0.438. The van der Waals surface area contributed by atoms with Crippen molar-refractivity contribution < 1.29 is 52.2 Å². The second-order valence-corrected chi connectivity index (χ2v) is 9.94. The molecule has 0 saturated carbocycles. The molecule has 2 aliphatic heterocycles. The van der Waals surface area contributed by atoms with Crippen molar-refractivity contribution in [2.24, 2.45) is 0 Å². The standard InChI is InChI=1S/C23H33BN2O11/c1-12(27)31-11-17-19(32-13(2)28)18(20(33-14(3)29)21(35-17)34-15(4)30)26-10-16(9-25-26)24-36-22(5,6)23(7,8)37-24/h9-10,17-21H,11H2,1-8H3/t17-,18+,19+,20-,21-/m1/s1. The van der Waals surface area contributed by atoms with Crippen molar-refractivity contribution in [3.63, 3.8) is 0 Å². The van der Waals surface area contributed by atoms with Gasteiger partial charge in [0.15, 0.2) is 12.2 Å². The Hall–Kier alpha value is -2.97. The van der Waals surface area contributed by atoms with E-state index in [-0.39, 0.29) is 6.61 Å². The number of aromatic nitrogens is 2. The molecule has 5 atom stereocenters. The van der Waals surface area contributed by atoms with Crippen LogP contribution in [0.25, 0.3) is 0 Å². The highest BCUT2D eigenvalue weighted by molar-refractivity contribution is 6.62. The Balaban J connectivity index is 2.05. The number of nitrogens with zero attached hydrogens (tertiary/aromatic N) is 2. The smallest absolute Gasteiger partial charge is 0.463 e. The number of hydrogen-bond donors (Lipinski definition) is 0. The number of rotatable bonds is 7. The Bertz CT molecular complexity index is 1020. The van der Waals surface area contributed by atoms with Gasteiger partial charge < -0.3 is 33.0 Å². The van der Waals surface area contributed by atoms with Crippen LogP contribution in [-0.4, -0.2) is 83.2 Å². The lowest BCUT2D eigenvalue weighted by Gasteiger charge is -2.44. The summed E-state index contributed by atoms with van der Waals surface area (Å²) < 4.78 is 40.9. The summed E-state index contributed by atoms with van der Waals surface area (Å²) in [5, 5.41) is 4.41. The van der Waals surface area contributed by atoms with E-state index in [1.165, 1.54) is 31.6 Å². The van der Waals surface area contributed by atoms with Crippen LogP contribution in [0.3, 0.4) is 0 Å². The second-order valence-electron chi connectivity index (χ2n) is 9.94. The average Bonchev–Trinajstić information content (AvgIpc) is 3.30. The quantitative estimate of drug-likeness (QED) is 0.277. The molecule has 3 heterocycles. The number of ether oxygens (including phenoxy) is 5. The monoisotopic (exact) mass is 524 g/mol. The van der Waals surface area contributed by atoms with Gasteiger partial charge in [-0.15, -0.1) is 0 Å². The van der Waals surface area contributed by atoms with Crippen LogP contribution in [0.15, 0.2) is 12.4 Å². The first kappa shape index (κ1) is 28.6. The van der Waals surface area contributed by atoms with Crippen LogP contribution in [0.2, 0.25) is 0 Å². The lowest BCUT2D eigenvalue weighted by molar-refractivity contribution is -0.285. The Morgan fingerprint density at radius 3 is 1.95 bits per heavy atom. The zero-order valence-corrected chi connectivity index (χ0v) is 22.2. The first-order valence-electron chi connectivity index (χ1n) is 11.8. The maximum atomic E-state index is 12.1. The van der Waals surface area contributed by atoms with Crippen molar-refractivity contribution in [1.29, 1.82) is 0 Å². The third kappa shape index (κ3) is 6.49. The van der Waals surface area contributed by atoms with Gasteiger partial charge in [0, 0.05) is 45.6 Å². The van der Waals surface area contributed by atoms with Gasteiger partial charge in [-0.2, -0.15) is 5.10 Å². The van der Waals surface area contributed by atoms with Gasteiger partial charge in [-0.05, 0) is 27.7 Å². The molecular formula is C23H33BN2O11. The Labute approximate surface area is 215 Å². The van der Waals surface area contributed by atoms with E-state index in [1.807, 2.05) is 27.7 Å². The molecule has 13 nitrogen and oxygen atoms in total. The lowest BCUT2D eigenvalue weighted by Crippen LogP contribution is -2.59. The average molecular weight is 524 g/mol. The molecule has 0 radical (unpaired) electrons. The summed E-state index contributed by atoms with van der Waals surface area (Å²) in [6, 6.07) is -1.04. The van der Waals surface area contributed by atoms with Gasteiger partial charge in [-0.25, -0.2) is 0 Å². The SMILES string of the molecule is CC(=O)OC[C@H]1O[C@@H](OC(C)=O)[C@H](OC(C)=O)[C@@H](n2cc(B3OC(C)(C)C(C)(C)O3)cn2)[C@H]1OC(C)=O. The van der Waals surface area contributed by atoms with E-state index in [4.69, 9.17) is 33.0 Å². The first-order chi connectivity index (χ1) is 17.1. The van der Waals surface area contributed by atoms with Crippen LogP contribution in [0.5, 0.6) is 0 Å². The van der Waals surface area contributed by atoms with Gasteiger partial charge in [0.1, 0.15) is 18.8 Å². The minimum atomic E-state index is -1.41. The van der Waals surface area contributed by atoms with E-state index in [9.17, 15) is 19.2 Å². The van der Waals surface area contributed by atoms with Crippen LogP contribution in [0.4, 0.5) is 0 Å². The minimum Gasteiger partial charge on any atom is -0.463 e. The van der Waals surface area contributed by atoms with Crippen molar-refractivity contribution in [2.45, 2.75) is 97.2 Å². The van der Waals surface area contributed by atoms with Crippen molar-refractivity contribution >= 4 is 36.5 Å². The topological polar surface area (TPSA) is 151 Å². The van der Waals surface area contributed by atoms with E-state index < -0.39 is 72.8 Å². The van der Waals surface area contributed by atoms with Crippen LogP contribution in [0, 0.1) is 0 Å². The fraction of sp³-hybridized carbons (Fsp3) is 0.696. The summed E-state index contributed by atoms with van der Waals surface area (Å²) in [6.45, 7) is 12.0. The minimum absolute atomic E-state index is 0.334. The summed E-state index contributed by atoms with van der Waals surface area (Å²) >= 11 is 0. The predicted molar refractivity (Wildman–Crippen MR) is 125 cm³/mol. The molecule has 2 aliphatic rings. The van der Waals surface area contributed by atoms with Gasteiger partial charge in [0.25, 0.3) is 0 Å². The largest absolute Gasteiger partial charge is 0.498 e. The molecule has 0 N–H and O–H groups in total. The third-order valence-corrected chi connectivity index (χ3v) is 6.41. The molecule has 2 saturated heterocycles. The van der Waals surface area contributed by atoms with Crippen molar-refractivity contribution in [2.75, 3.05) is 6.61 Å². The summed E-state index contributed by atoms with van der Waals surface area (Å²) in [4.78, 5) is 47.5. The van der Waals surface area contributed by atoms with E-state index in [0.29, 0.717) is 5.46 Å². The van der Waals surface area contributed by atoms with Crippen LogP contribution < -0.4 is 5.46 Å². The lowest BCUT2D eigenvalue weighted by atomic mass is 9.82. The highest BCUT2D eigenvalue weighted by Crippen LogP contribution is 2.38. The molecule has 37 heavy (non-hydrogen) atoms. The second kappa shape index (κ2) is 10.8. The highest BCUT2D eigenvalue weighted by atomic mass is 16.7. The zero-order valence-electron chi connectivity index (χ0n) is 22.2.